The second-order valence-corrected chi connectivity index (χ2v) is 9.68. The molecule has 0 saturated carbocycles. The van der Waals surface area contributed by atoms with Crippen LogP contribution in [-0.2, 0) is 27.6 Å². The van der Waals surface area contributed by atoms with E-state index in [1.54, 1.807) is 11.1 Å². The lowest BCUT2D eigenvalue weighted by molar-refractivity contribution is -0.135. The van der Waals surface area contributed by atoms with Crippen molar-refractivity contribution in [3.63, 3.8) is 0 Å². The third-order valence-corrected chi connectivity index (χ3v) is 7.74. The van der Waals surface area contributed by atoms with Crippen LogP contribution in [0.15, 0.2) is 36.5 Å². The largest absolute Gasteiger partial charge is 0.336 e. The number of para-hydroxylation sites is 1. The van der Waals surface area contributed by atoms with Crippen molar-refractivity contribution in [1.29, 1.82) is 0 Å². The van der Waals surface area contributed by atoms with Gasteiger partial charge < -0.3 is 10.2 Å². The molecule has 2 aromatic rings. The first kappa shape index (κ1) is 20.8. The molecule has 0 aliphatic carbocycles. The summed E-state index contributed by atoms with van der Waals surface area (Å²) in [5, 5.41) is 7.65. The highest BCUT2D eigenvalue weighted by Gasteiger charge is 2.50. The Labute approximate surface area is 171 Å². The molecule has 1 fully saturated rings. The van der Waals surface area contributed by atoms with Crippen molar-refractivity contribution in [3.05, 3.63) is 47.8 Å². The van der Waals surface area contributed by atoms with Crippen LogP contribution in [0, 0.1) is 0 Å². The van der Waals surface area contributed by atoms with Gasteiger partial charge in [-0.05, 0) is 38.1 Å². The molecular formula is C19H25ClN4O3S. The topological polar surface area (TPSA) is 84.3 Å². The zero-order valence-corrected chi connectivity index (χ0v) is 17.4. The molecule has 1 amide bonds. The number of carbonyl (C=O) groups is 1. The minimum Gasteiger partial charge on any atom is -0.336 e. The smallest absolute Gasteiger partial charge is 0.244 e. The number of nitrogens with one attached hydrogen (secondary N) is 1. The molecule has 0 radical (unpaired) electrons. The van der Waals surface area contributed by atoms with E-state index in [2.05, 4.69) is 10.4 Å². The molecule has 0 unspecified atom stereocenters. The Balaban J connectivity index is 0.00000225. The van der Waals surface area contributed by atoms with Crippen LogP contribution in [0.5, 0.6) is 0 Å². The van der Waals surface area contributed by atoms with Gasteiger partial charge in [0.25, 0.3) is 0 Å². The highest BCUT2D eigenvalue weighted by Crippen LogP contribution is 2.32. The lowest BCUT2D eigenvalue weighted by Crippen LogP contribution is -2.58. The summed E-state index contributed by atoms with van der Waals surface area (Å²) in [4.78, 5) is 15.0. The van der Waals surface area contributed by atoms with Crippen molar-refractivity contribution in [3.8, 4) is 5.69 Å². The van der Waals surface area contributed by atoms with Gasteiger partial charge in [0.15, 0.2) is 14.6 Å². The van der Waals surface area contributed by atoms with E-state index >= 15 is 0 Å². The molecule has 28 heavy (non-hydrogen) atoms. The predicted molar refractivity (Wildman–Crippen MR) is 110 cm³/mol. The molecule has 0 bridgehead atoms. The molecule has 3 heterocycles. The Morgan fingerprint density at radius 2 is 1.86 bits per heavy atom. The van der Waals surface area contributed by atoms with Crippen LogP contribution >= 0.6 is 12.4 Å². The van der Waals surface area contributed by atoms with Crippen molar-refractivity contribution in [2.75, 3.05) is 25.9 Å². The predicted octanol–water partition coefficient (Wildman–Crippen LogP) is 1.35. The van der Waals surface area contributed by atoms with Gasteiger partial charge in [0.1, 0.15) is 0 Å². The number of hydrogen-bond acceptors (Lipinski definition) is 5. The van der Waals surface area contributed by atoms with Gasteiger partial charge in [0, 0.05) is 31.3 Å². The highest BCUT2D eigenvalue weighted by molar-refractivity contribution is 7.92. The average Bonchev–Trinajstić information content (AvgIpc) is 3.11. The lowest BCUT2D eigenvalue weighted by Gasteiger charge is -2.39. The maximum Gasteiger partial charge on any atom is 0.244 e. The fourth-order valence-electron chi connectivity index (χ4n) is 4.16. The first-order chi connectivity index (χ1) is 12.9. The van der Waals surface area contributed by atoms with Gasteiger partial charge in [-0.15, -0.1) is 12.4 Å². The number of aromatic nitrogens is 2. The van der Waals surface area contributed by atoms with E-state index in [1.165, 1.54) is 6.26 Å². The molecular weight excluding hydrogens is 400 g/mol. The molecule has 2 aliphatic rings. The monoisotopic (exact) mass is 424 g/mol. The number of benzene rings is 1. The SMILES string of the molecule is CS(=O)(=O)C1(C(=O)N2CCc3c(cnn3-c3ccccc3)C2)CCNCC1.Cl. The molecule has 9 heteroatoms. The van der Waals surface area contributed by atoms with Gasteiger partial charge in [0.05, 0.1) is 17.6 Å². The molecule has 7 nitrogen and oxygen atoms in total. The molecule has 1 saturated heterocycles. The van der Waals surface area contributed by atoms with Crippen LogP contribution < -0.4 is 5.32 Å². The van der Waals surface area contributed by atoms with Crippen LogP contribution in [0.4, 0.5) is 0 Å². The van der Waals surface area contributed by atoms with Crippen molar-refractivity contribution in [2.24, 2.45) is 0 Å². The summed E-state index contributed by atoms with van der Waals surface area (Å²) < 4.78 is 25.7. The second kappa shape index (κ2) is 7.85. The lowest BCUT2D eigenvalue weighted by atomic mass is 9.94. The van der Waals surface area contributed by atoms with E-state index in [-0.39, 0.29) is 18.3 Å². The van der Waals surface area contributed by atoms with Crippen molar-refractivity contribution < 1.29 is 13.2 Å². The molecule has 0 spiro atoms. The van der Waals surface area contributed by atoms with Crippen LogP contribution in [0.1, 0.15) is 24.1 Å². The van der Waals surface area contributed by atoms with Crippen molar-refractivity contribution in [1.82, 2.24) is 20.0 Å². The number of hydrogen-bond donors (Lipinski definition) is 1. The van der Waals surface area contributed by atoms with Crippen LogP contribution in [-0.4, -0.2) is 59.6 Å². The minimum atomic E-state index is -3.50. The third-order valence-electron chi connectivity index (χ3n) is 5.73. The van der Waals surface area contributed by atoms with Gasteiger partial charge in [-0.25, -0.2) is 13.1 Å². The van der Waals surface area contributed by atoms with Gasteiger partial charge in [0.2, 0.25) is 5.91 Å². The Bertz CT molecular complexity index is 953. The summed E-state index contributed by atoms with van der Waals surface area (Å²) in [6.07, 6.45) is 4.30. The van der Waals surface area contributed by atoms with E-state index < -0.39 is 14.6 Å². The first-order valence-corrected chi connectivity index (χ1v) is 11.1. The molecule has 1 aromatic carbocycles. The maximum absolute atomic E-state index is 13.3. The molecule has 152 valence electrons. The number of fused-ring (bicyclic) bond motifs is 1. The Kier molecular flexibility index (Phi) is 5.84. The van der Waals surface area contributed by atoms with Gasteiger partial charge in [-0.3, -0.25) is 4.79 Å². The van der Waals surface area contributed by atoms with E-state index in [0.717, 1.165) is 16.9 Å². The molecule has 1 N–H and O–H groups in total. The molecule has 2 aliphatic heterocycles. The molecule has 4 rings (SSSR count). The number of piperidine rings is 1. The fourth-order valence-corrected chi connectivity index (χ4v) is 5.55. The highest BCUT2D eigenvalue weighted by atomic mass is 35.5. The van der Waals surface area contributed by atoms with E-state index in [1.807, 2.05) is 35.0 Å². The fraction of sp³-hybridized carbons (Fsp3) is 0.474. The zero-order valence-electron chi connectivity index (χ0n) is 15.8. The van der Waals surface area contributed by atoms with Crippen molar-refractivity contribution >= 4 is 28.2 Å². The standard InChI is InChI=1S/C19H24N4O3S.ClH/c1-27(25,26)19(8-10-20-11-9-19)18(24)22-12-7-17-15(14-22)13-21-23(17)16-5-3-2-4-6-16;/h2-6,13,20H,7-12,14H2,1H3;1H. The van der Waals surface area contributed by atoms with E-state index in [4.69, 9.17) is 0 Å². The van der Waals surface area contributed by atoms with E-state index in [0.29, 0.717) is 45.4 Å². The third kappa shape index (κ3) is 3.44. The summed E-state index contributed by atoms with van der Waals surface area (Å²) in [6.45, 7) is 2.01. The quantitative estimate of drug-likeness (QED) is 0.803. The number of halogens is 1. The summed E-state index contributed by atoms with van der Waals surface area (Å²) in [5.41, 5.74) is 3.06. The summed E-state index contributed by atoms with van der Waals surface area (Å²) in [5.74, 6) is -0.260. The van der Waals surface area contributed by atoms with Crippen LogP contribution in [0.25, 0.3) is 5.69 Å². The Hall–Kier alpha value is -1.90. The number of amides is 1. The summed E-state index contributed by atoms with van der Waals surface area (Å²) in [6, 6.07) is 9.89. The Morgan fingerprint density at radius 1 is 1.18 bits per heavy atom. The van der Waals surface area contributed by atoms with Gasteiger partial charge >= 0.3 is 0 Å². The molecule has 1 aromatic heterocycles. The van der Waals surface area contributed by atoms with Crippen molar-refractivity contribution in [2.45, 2.75) is 30.6 Å². The number of carbonyl (C=O) groups excluding carboxylic acids is 1. The maximum atomic E-state index is 13.3. The molecule has 0 atom stereocenters. The van der Waals surface area contributed by atoms with Gasteiger partial charge in [-0.1, -0.05) is 18.2 Å². The number of rotatable bonds is 3. The second-order valence-electron chi connectivity index (χ2n) is 7.36. The summed E-state index contributed by atoms with van der Waals surface area (Å²) in [7, 11) is -3.50. The normalized spacial score (nSPS) is 18.8. The number of sulfone groups is 1. The van der Waals surface area contributed by atoms with Crippen LogP contribution in [0.3, 0.4) is 0 Å². The Morgan fingerprint density at radius 3 is 2.50 bits per heavy atom. The van der Waals surface area contributed by atoms with Crippen LogP contribution in [0.2, 0.25) is 0 Å². The zero-order chi connectivity index (χ0) is 19.1. The first-order valence-electron chi connectivity index (χ1n) is 9.23. The number of nitrogens with zero attached hydrogens (tertiary/aromatic N) is 3. The van der Waals surface area contributed by atoms with E-state index in [9.17, 15) is 13.2 Å². The van der Waals surface area contributed by atoms with Gasteiger partial charge in [-0.2, -0.15) is 5.10 Å². The summed E-state index contributed by atoms with van der Waals surface area (Å²) >= 11 is 0. The minimum absolute atomic E-state index is 0. The average molecular weight is 425 g/mol.